The summed E-state index contributed by atoms with van der Waals surface area (Å²) >= 11 is 1.24. The summed E-state index contributed by atoms with van der Waals surface area (Å²) in [5, 5.41) is 19.0. The van der Waals surface area contributed by atoms with Crippen LogP contribution in [0.4, 0.5) is 10.7 Å². The maximum absolute atomic E-state index is 11.1. The third kappa shape index (κ3) is 3.66. The molecule has 0 aliphatic heterocycles. The SMILES string of the molecule is CCNc1snnc1COc1ccc(CC)cc1[N+](=O)[O-]. The zero-order chi connectivity index (χ0) is 15.2. The molecule has 7 nitrogen and oxygen atoms in total. The second kappa shape index (κ2) is 6.98. The van der Waals surface area contributed by atoms with E-state index in [9.17, 15) is 10.1 Å². The van der Waals surface area contributed by atoms with E-state index in [1.54, 1.807) is 12.1 Å². The number of aromatic nitrogens is 2. The van der Waals surface area contributed by atoms with Gasteiger partial charge in [0.15, 0.2) is 5.75 Å². The number of rotatable bonds is 7. The fourth-order valence-corrected chi connectivity index (χ4v) is 2.43. The van der Waals surface area contributed by atoms with E-state index in [2.05, 4.69) is 14.9 Å². The molecule has 1 N–H and O–H groups in total. The molecule has 0 saturated heterocycles. The van der Waals surface area contributed by atoms with E-state index in [4.69, 9.17) is 4.74 Å². The van der Waals surface area contributed by atoms with Crippen LogP contribution in [0.15, 0.2) is 18.2 Å². The lowest BCUT2D eigenvalue weighted by atomic mass is 10.1. The van der Waals surface area contributed by atoms with Crippen LogP contribution >= 0.6 is 11.5 Å². The van der Waals surface area contributed by atoms with E-state index in [-0.39, 0.29) is 18.0 Å². The molecular weight excluding hydrogens is 292 g/mol. The van der Waals surface area contributed by atoms with Gasteiger partial charge in [-0.1, -0.05) is 17.5 Å². The molecule has 0 bridgehead atoms. The van der Waals surface area contributed by atoms with Gasteiger partial charge in [-0.2, -0.15) is 0 Å². The van der Waals surface area contributed by atoms with Crippen LogP contribution in [0.5, 0.6) is 5.75 Å². The largest absolute Gasteiger partial charge is 0.480 e. The maximum Gasteiger partial charge on any atom is 0.311 e. The molecule has 0 aliphatic rings. The van der Waals surface area contributed by atoms with Crippen LogP contribution < -0.4 is 10.1 Å². The highest BCUT2D eigenvalue weighted by Crippen LogP contribution is 2.29. The molecule has 2 aromatic rings. The van der Waals surface area contributed by atoms with Crippen molar-refractivity contribution in [2.24, 2.45) is 0 Å². The molecule has 0 atom stereocenters. The van der Waals surface area contributed by atoms with Crippen LogP contribution in [-0.2, 0) is 13.0 Å². The fourth-order valence-electron chi connectivity index (χ4n) is 1.79. The van der Waals surface area contributed by atoms with Gasteiger partial charge in [-0.05, 0) is 25.0 Å². The number of nitro benzene ring substituents is 1. The molecule has 0 radical (unpaired) electrons. The average Bonchev–Trinajstić information content (AvgIpc) is 2.92. The highest BCUT2D eigenvalue weighted by Gasteiger charge is 2.17. The molecule has 0 saturated carbocycles. The van der Waals surface area contributed by atoms with Gasteiger partial charge in [0.25, 0.3) is 0 Å². The summed E-state index contributed by atoms with van der Waals surface area (Å²) < 4.78 is 9.41. The first-order chi connectivity index (χ1) is 10.2. The summed E-state index contributed by atoms with van der Waals surface area (Å²) in [5.41, 5.74) is 1.52. The highest BCUT2D eigenvalue weighted by molar-refractivity contribution is 7.10. The summed E-state index contributed by atoms with van der Waals surface area (Å²) in [6, 6.07) is 5.00. The van der Waals surface area contributed by atoms with E-state index < -0.39 is 4.92 Å². The lowest BCUT2D eigenvalue weighted by molar-refractivity contribution is -0.386. The second-order valence-electron chi connectivity index (χ2n) is 4.28. The molecule has 21 heavy (non-hydrogen) atoms. The first-order valence-electron chi connectivity index (χ1n) is 6.60. The highest BCUT2D eigenvalue weighted by atomic mass is 32.1. The Bertz CT molecular complexity index is 630. The van der Waals surface area contributed by atoms with Gasteiger partial charge >= 0.3 is 5.69 Å². The number of nitrogens with zero attached hydrogens (tertiary/aromatic N) is 3. The summed E-state index contributed by atoms with van der Waals surface area (Å²) in [6.07, 6.45) is 0.738. The van der Waals surface area contributed by atoms with Crippen molar-refractivity contribution >= 4 is 22.2 Å². The Labute approximate surface area is 126 Å². The number of ether oxygens (including phenoxy) is 1. The van der Waals surface area contributed by atoms with Crippen molar-refractivity contribution in [2.45, 2.75) is 26.9 Å². The number of hydrogen-bond donors (Lipinski definition) is 1. The molecule has 0 spiro atoms. The van der Waals surface area contributed by atoms with Gasteiger partial charge < -0.3 is 10.1 Å². The average molecular weight is 308 g/mol. The molecule has 1 aromatic carbocycles. The van der Waals surface area contributed by atoms with E-state index >= 15 is 0 Å². The quantitative estimate of drug-likeness (QED) is 0.624. The molecule has 1 heterocycles. The molecule has 0 aliphatic carbocycles. The van der Waals surface area contributed by atoms with Crippen LogP contribution in [0.25, 0.3) is 0 Å². The standard InChI is InChI=1S/C13H16N4O3S/c1-3-9-5-6-12(11(7-9)17(18)19)20-8-10-13(14-4-2)21-16-15-10/h5-7,14H,3-4,8H2,1-2H3. The van der Waals surface area contributed by atoms with E-state index in [1.807, 2.05) is 19.9 Å². The predicted molar refractivity (Wildman–Crippen MR) is 80.9 cm³/mol. The maximum atomic E-state index is 11.1. The van der Waals surface area contributed by atoms with Crippen LogP contribution in [0.2, 0.25) is 0 Å². The second-order valence-corrected chi connectivity index (χ2v) is 5.03. The zero-order valence-electron chi connectivity index (χ0n) is 11.8. The number of nitro groups is 1. The molecule has 8 heteroatoms. The lowest BCUT2D eigenvalue weighted by Crippen LogP contribution is -2.04. The number of nitrogens with one attached hydrogen (secondary N) is 1. The van der Waals surface area contributed by atoms with Gasteiger partial charge in [-0.25, -0.2) is 0 Å². The minimum atomic E-state index is -0.432. The minimum Gasteiger partial charge on any atom is -0.480 e. The van der Waals surface area contributed by atoms with Crippen molar-refractivity contribution in [2.75, 3.05) is 11.9 Å². The van der Waals surface area contributed by atoms with Crippen LogP contribution in [0.3, 0.4) is 0 Å². The monoisotopic (exact) mass is 308 g/mol. The lowest BCUT2D eigenvalue weighted by Gasteiger charge is -2.07. The Morgan fingerprint density at radius 1 is 1.43 bits per heavy atom. The topological polar surface area (TPSA) is 90.2 Å². The van der Waals surface area contributed by atoms with Gasteiger partial charge in [0.2, 0.25) is 0 Å². The molecule has 112 valence electrons. The smallest absolute Gasteiger partial charge is 0.311 e. The molecule has 0 fully saturated rings. The first kappa shape index (κ1) is 15.2. The van der Waals surface area contributed by atoms with E-state index in [0.29, 0.717) is 5.69 Å². The van der Waals surface area contributed by atoms with Crippen molar-refractivity contribution < 1.29 is 9.66 Å². The van der Waals surface area contributed by atoms with Crippen molar-refractivity contribution in [3.05, 3.63) is 39.6 Å². The normalized spacial score (nSPS) is 10.4. The van der Waals surface area contributed by atoms with Gasteiger partial charge in [0, 0.05) is 24.1 Å². The van der Waals surface area contributed by atoms with Crippen LogP contribution in [0, 0.1) is 10.1 Å². The van der Waals surface area contributed by atoms with Gasteiger partial charge in [-0.15, -0.1) is 5.10 Å². The Kier molecular flexibility index (Phi) is 5.04. The first-order valence-corrected chi connectivity index (χ1v) is 7.38. The molecule has 0 unspecified atom stereocenters. The number of benzene rings is 1. The number of anilines is 1. The molecule has 1 aromatic heterocycles. The Hall–Kier alpha value is -2.22. The Balaban J connectivity index is 2.15. The number of hydrogen-bond acceptors (Lipinski definition) is 7. The van der Waals surface area contributed by atoms with Gasteiger partial charge in [0.1, 0.15) is 17.3 Å². The van der Waals surface area contributed by atoms with Gasteiger partial charge in [0.05, 0.1) is 4.92 Å². The van der Waals surface area contributed by atoms with Crippen molar-refractivity contribution in [3.63, 3.8) is 0 Å². The Morgan fingerprint density at radius 3 is 2.90 bits per heavy atom. The minimum absolute atomic E-state index is 0.0254. The third-order valence-corrected chi connectivity index (χ3v) is 3.61. The van der Waals surface area contributed by atoms with Crippen LogP contribution in [-0.4, -0.2) is 21.1 Å². The third-order valence-electron chi connectivity index (χ3n) is 2.89. The van der Waals surface area contributed by atoms with Crippen molar-refractivity contribution in [1.82, 2.24) is 9.59 Å². The van der Waals surface area contributed by atoms with E-state index in [1.165, 1.54) is 11.5 Å². The fraction of sp³-hybridized carbons (Fsp3) is 0.385. The number of aryl methyl sites for hydroxylation is 1. The summed E-state index contributed by atoms with van der Waals surface area (Å²) in [6.45, 7) is 4.81. The molecule has 0 amide bonds. The Morgan fingerprint density at radius 2 is 2.24 bits per heavy atom. The van der Waals surface area contributed by atoms with Crippen LogP contribution in [0.1, 0.15) is 25.1 Å². The van der Waals surface area contributed by atoms with E-state index in [0.717, 1.165) is 23.5 Å². The molecular formula is C13H16N4O3S. The summed E-state index contributed by atoms with van der Waals surface area (Å²) in [7, 11) is 0. The summed E-state index contributed by atoms with van der Waals surface area (Å²) in [5.74, 6) is 0.243. The van der Waals surface area contributed by atoms with Crippen molar-refractivity contribution in [1.29, 1.82) is 0 Å². The van der Waals surface area contributed by atoms with Crippen molar-refractivity contribution in [3.8, 4) is 5.75 Å². The summed E-state index contributed by atoms with van der Waals surface area (Å²) in [4.78, 5) is 10.7. The predicted octanol–water partition coefficient (Wildman–Crippen LogP) is 3.02. The van der Waals surface area contributed by atoms with Gasteiger partial charge in [-0.3, -0.25) is 10.1 Å². The zero-order valence-corrected chi connectivity index (χ0v) is 12.6. The molecule has 2 rings (SSSR count).